The van der Waals surface area contributed by atoms with Gasteiger partial charge in [-0.15, -0.1) is 0 Å². The van der Waals surface area contributed by atoms with E-state index in [4.69, 9.17) is 10.5 Å². The van der Waals surface area contributed by atoms with Gasteiger partial charge in [0.05, 0.1) is 16.9 Å². The summed E-state index contributed by atoms with van der Waals surface area (Å²) in [4.78, 5) is 28.0. The molecule has 0 bridgehead atoms. The quantitative estimate of drug-likeness (QED) is 0.510. The van der Waals surface area contributed by atoms with Crippen LogP contribution in [0.15, 0.2) is 72.8 Å². The average Bonchev–Trinajstić information content (AvgIpc) is 2.94. The molecular formula is C25H24N2O3. The average molecular weight is 400 g/mol. The molecule has 1 aliphatic rings. The van der Waals surface area contributed by atoms with E-state index in [-0.39, 0.29) is 5.91 Å². The van der Waals surface area contributed by atoms with Crippen LogP contribution < -0.4 is 10.6 Å². The second kappa shape index (κ2) is 8.41. The Labute approximate surface area is 176 Å². The Morgan fingerprint density at radius 2 is 1.43 bits per heavy atom. The zero-order chi connectivity index (χ0) is 21.1. The highest BCUT2D eigenvalue weighted by Crippen LogP contribution is 2.36. The van der Waals surface area contributed by atoms with Gasteiger partial charge in [0.25, 0.3) is 5.91 Å². The number of ether oxygens (including phenoxy) is 1. The van der Waals surface area contributed by atoms with Gasteiger partial charge in [-0.05, 0) is 66.8 Å². The molecule has 30 heavy (non-hydrogen) atoms. The van der Waals surface area contributed by atoms with Gasteiger partial charge in [-0.1, -0.05) is 43.3 Å². The highest BCUT2D eigenvalue weighted by atomic mass is 16.5. The minimum Gasteiger partial charge on any atom is -0.449 e. The van der Waals surface area contributed by atoms with Crippen LogP contribution in [0.2, 0.25) is 0 Å². The van der Waals surface area contributed by atoms with Crippen LogP contribution in [-0.2, 0) is 22.4 Å². The minimum atomic E-state index is -0.894. The normalized spacial score (nSPS) is 13.6. The highest BCUT2D eigenvalue weighted by molar-refractivity contribution is 6.05. The first-order valence-corrected chi connectivity index (χ1v) is 10.1. The van der Waals surface area contributed by atoms with Gasteiger partial charge < -0.3 is 10.5 Å². The van der Waals surface area contributed by atoms with Gasteiger partial charge in [0.15, 0.2) is 6.10 Å². The lowest BCUT2D eigenvalue weighted by Gasteiger charge is -2.28. The van der Waals surface area contributed by atoms with Crippen LogP contribution >= 0.6 is 0 Å². The number of amides is 1. The fourth-order valence-corrected chi connectivity index (χ4v) is 3.79. The van der Waals surface area contributed by atoms with Crippen molar-refractivity contribution in [1.82, 2.24) is 0 Å². The van der Waals surface area contributed by atoms with E-state index in [1.165, 1.54) is 0 Å². The Morgan fingerprint density at radius 1 is 0.900 bits per heavy atom. The van der Waals surface area contributed by atoms with E-state index in [0.717, 1.165) is 35.3 Å². The molecule has 3 aromatic carbocycles. The summed E-state index contributed by atoms with van der Waals surface area (Å²) in [5.74, 6) is -0.783. The number of aryl methyl sites for hydroxylation is 2. The summed E-state index contributed by atoms with van der Waals surface area (Å²) in [7, 11) is 0. The Kier molecular flexibility index (Phi) is 5.53. The molecule has 0 saturated heterocycles. The molecule has 1 atom stereocenters. The number of hydrogen-bond donors (Lipinski definition) is 1. The second-order valence-electron chi connectivity index (χ2n) is 7.36. The highest BCUT2D eigenvalue weighted by Gasteiger charge is 2.32. The van der Waals surface area contributed by atoms with Gasteiger partial charge in [0.1, 0.15) is 0 Å². The molecule has 0 spiro atoms. The summed E-state index contributed by atoms with van der Waals surface area (Å²) in [5.41, 5.74) is 10.5. The summed E-state index contributed by atoms with van der Waals surface area (Å²) < 4.78 is 5.64. The van der Waals surface area contributed by atoms with Crippen LogP contribution in [0.4, 0.5) is 17.1 Å². The van der Waals surface area contributed by atoms with Crippen LogP contribution in [0, 0.1) is 0 Å². The lowest BCUT2D eigenvalue weighted by atomic mass is 10.0. The number of rotatable bonds is 4. The number of para-hydroxylation sites is 2. The van der Waals surface area contributed by atoms with E-state index in [0.29, 0.717) is 17.7 Å². The van der Waals surface area contributed by atoms with Crippen molar-refractivity contribution in [2.45, 2.75) is 32.3 Å². The molecule has 0 fully saturated rings. The topological polar surface area (TPSA) is 72.6 Å². The molecular weight excluding hydrogens is 376 g/mol. The molecule has 1 aliphatic heterocycles. The van der Waals surface area contributed by atoms with Gasteiger partial charge in [-0.2, -0.15) is 0 Å². The molecule has 1 amide bonds. The van der Waals surface area contributed by atoms with Crippen molar-refractivity contribution in [2.75, 3.05) is 10.6 Å². The molecule has 1 heterocycles. The molecule has 0 aromatic heterocycles. The minimum absolute atomic E-state index is 0.247. The van der Waals surface area contributed by atoms with Gasteiger partial charge in [0, 0.05) is 5.69 Å². The number of esters is 1. The molecule has 0 saturated carbocycles. The predicted molar refractivity (Wildman–Crippen MR) is 118 cm³/mol. The maximum absolute atomic E-state index is 13.7. The Balaban J connectivity index is 1.68. The zero-order valence-corrected chi connectivity index (χ0v) is 16.9. The maximum atomic E-state index is 13.7. The fourth-order valence-electron chi connectivity index (χ4n) is 3.79. The summed E-state index contributed by atoms with van der Waals surface area (Å²) in [5, 5.41) is 0. The summed E-state index contributed by atoms with van der Waals surface area (Å²) in [6.07, 6.45) is 1.17. The summed E-state index contributed by atoms with van der Waals surface area (Å²) in [6.45, 7) is 1.84. The number of anilines is 3. The molecule has 1 unspecified atom stereocenters. The number of benzene rings is 3. The third kappa shape index (κ3) is 3.79. The smallest absolute Gasteiger partial charge is 0.338 e. The number of fused-ring (bicyclic) bond motifs is 2. The van der Waals surface area contributed by atoms with E-state index in [1.807, 2.05) is 55.5 Å². The lowest BCUT2D eigenvalue weighted by Crippen LogP contribution is -2.39. The first-order chi connectivity index (χ1) is 14.6. The standard InChI is InChI=1S/C25H24N2O3/c1-2-23(30-25(29)19-13-15-20(26)16-14-19)24(28)27-21-9-5-3-7-17(21)11-12-18-8-4-6-10-22(18)27/h3-10,13-16,23H,2,11-12,26H2,1H3. The van der Waals surface area contributed by atoms with Crippen molar-refractivity contribution >= 4 is 28.9 Å². The monoisotopic (exact) mass is 400 g/mol. The van der Waals surface area contributed by atoms with E-state index in [9.17, 15) is 9.59 Å². The largest absolute Gasteiger partial charge is 0.449 e. The van der Waals surface area contributed by atoms with Crippen molar-refractivity contribution in [3.63, 3.8) is 0 Å². The van der Waals surface area contributed by atoms with Gasteiger partial charge in [-0.3, -0.25) is 9.69 Å². The predicted octanol–water partition coefficient (Wildman–Crippen LogP) is 4.67. The van der Waals surface area contributed by atoms with Crippen molar-refractivity contribution < 1.29 is 14.3 Å². The zero-order valence-electron chi connectivity index (χ0n) is 16.9. The van der Waals surface area contributed by atoms with Crippen molar-refractivity contribution in [2.24, 2.45) is 0 Å². The van der Waals surface area contributed by atoms with Crippen molar-refractivity contribution in [3.05, 3.63) is 89.5 Å². The molecule has 0 radical (unpaired) electrons. The summed E-state index contributed by atoms with van der Waals surface area (Å²) >= 11 is 0. The lowest BCUT2D eigenvalue weighted by molar-refractivity contribution is -0.126. The van der Waals surface area contributed by atoms with Crippen molar-refractivity contribution in [3.8, 4) is 0 Å². The van der Waals surface area contributed by atoms with Crippen LogP contribution in [0.25, 0.3) is 0 Å². The third-order valence-electron chi connectivity index (χ3n) is 5.39. The van der Waals surface area contributed by atoms with Crippen LogP contribution in [-0.4, -0.2) is 18.0 Å². The molecule has 2 N–H and O–H groups in total. The molecule has 3 aromatic rings. The van der Waals surface area contributed by atoms with Crippen molar-refractivity contribution in [1.29, 1.82) is 0 Å². The van der Waals surface area contributed by atoms with Gasteiger partial charge >= 0.3 is 5.97 Å². The van der Waals surface area contributed by atoms with Crippen LogP contribution in [0.3, 0.4) is 0 Å². The third-order valence-corrected chi connectivity index (χ3v) is 5.39. The van der Waals surface area contributed by atoms with E-state index < -0.39 is 12.1 Å². The number of carbonyl (C=O) groups excluding carboxylic acids is 2. The molecule has 5 nitrogen and oxygen atoms in total. The van der Waals surface area contributed by atoms with Gasteiger partial charge in [-0.25, -0.2) is 4.79 Å². The number of hydrogen-bond acceptors (Lipinski definition) is 4. The first kappa shape index (κ1) is 19.7. The SMILES string of the molecule is CCC(OC(=O)c1ccc(N)cc1)C(=O)N1c2ccccc2CCc2ccccc21. The number of nitrogens with two attached hydrogens (primary N) is 1. The van der Waals surface area contributed by atoms with E-state index in [2.05, 4.69) is 0 Å². The Bertz CT molecular complexity index is 1030. The molecule has 152 valence electrons. The van der Waals surface area contributed by atoms with E-state index >= 15 is 0 Å². The number of nitrogen functional groups attached to an aromatic ring is 1. The Morgan fingerprint density at radius 3 is 1.97 bits per heavy atom. The molecule has 4 rings (SSSR count). The molecule has 0 aliphatic carbocycles. The van der Waals surface area contributed by atoms with E-state index in [1.54, 1.807) is 29.2 Å². The fraction of sp³-hybridized carbons (Fsp3) is 0.200. The first-order valence-electron chi connectivity index (χ1n) is 10.1. The van der Waals surface area contributed by atoms with Crippen LogP contribution in [0.1, 0.15) is 34.8 Å². The van der Waals surface area contributed by atoms with Crippen LogP contribution in [0.5, 0.6) is 0 Å². The van der Waals surface area contributed by atoms with Gasteiger partial charge in [0.2, 0.25) is 0 Å². The Hall–Kier alpha value is -3.60. The maximum Gasteiger partial charge on any atom is 0.338 e. The molecule has 5 heteroatoms. The second-order valence-corrected chi connectivity index (χ2v) is 7.36. The number of nitrogens with zero attached hydrogens (tertiary/aromatic N) is 1. The number of carbonyl (C=O) groups is 2. The summed E-state index contributed by atoms with van der Waals surface area (Å²) in [6, 6.07) is 22.3.